The van der Waals surface area contributed by atoms with Crippen molar-refractivity contribution in [1.82, 2.24) is 0 Å². The van der Waals surface area contributed by atoms with Crippen molar-refractivity contribution in [3.63, 3.8) is 0 Å². The lowest BCUT2D eigenvalue weighted by Crippen LogP contribution is -2.11. The first-order chi connectivity index (χ1) is 7.66. The maximum absolute atomic E-state index is 11.2. The number of aryl methyl sites for hydroxylation is 1. The van der Waals surface area contributed by atoms with E-state index in [1.165, 1.54) is 0 Å². The molecular formula is C14H13NO. The predicted molar refractivity (Wildman–Crippen MR) is 65.1 cm³/mol. The van der Waals surface area contributed by atoms with Crippen LogP contribution < -0.4 is 5.73 Å². The minimum atomic E-state index is -0.388. The highest BCUT2D eigenvalue weighted by Crippen LogP contribution is 2.21. The summed E-state index contributed by atoms with van der Waals surface area (Å²) in [6.45, 7) is 1.96. The van der Waals surface area contributed by atoms with Crippen LogP contribution in [-0.2, 0) is 0 Å². The third kappa shape index (κ3) is 2.11. The Labute approximate surface area is 94.7 Å². The van der Waals surface area contributed by atoms with E-state index in [2.05, 4.69) is 0 Å². The normalized spacial score (nSPS) is 10.1. The third-order valence-electron chi connectivity index (χ3n) is 2.47. The molecule has 0 aliphatic carbocycles. The van der Waals surface area contributed by atoms with E-state index in [0.29, 0.717) is 5.56 Å². The summed E-state index contributed by atoms with van der Waals surface area (Å²) in [5, 5.41) is 0. The molecule has 0 bridgehead atoms. The van der Waals surface area contributed by atoms with E-state index >= 15 is 0 Å². The molecule has 2 aromatic rings. The first kappa shape index (κ1) is 10.4. The van der Waals surface area contributed by atoms with E-state index in [0.717, 1.165) is 16.7 Å². The molecular weight excluding hydrogens is 198 g/mol. The van der Waals surface area contributed by atoms with Crippen LogP contribution in [-0.4, -0.2) is 5.91 Å². The van der Waals surface area contributed by atoms with Crippen LogP contribution in [0, 0.1) is 6.92 Å². The molecule has 1 amide bonds. The summed E-state index contributed by atoms with van der Waals surface area (Å²) in [4.78, 5) is 11.2. The van der Waals surface area contributed by atoms with E-state index in [1.807, 2.05) is 49.4 Å². The van der Waals surface area contributed by atoms with Crippen molar-refractivity contribution in [1.29, 1.82) is 0 Å². The van der Waals surface area contributed by atoms with Crippen molar-refractivity contribution >= 4 is 5.91 Å². The number of amides is 1. The van der Waals surface area contributed by atoms with Crippen molar-refractivity contribution < 1.29 is 4.79 Å². The van der Waals surface area contributed by atoms with Gasteiger partial charge in [-0.05, 0) is 35.7 Å². The third-order valence-corrected chi connectivity index (χ3v) is 2.47. The molecule has 0 aliphatic heterocycles. The molecule has 16 heavy (non-hydrogen) atoms. The molecule has 0 saturated carbocycles. The molecule has 0 aliphatic rings. The van der Waals surface area contributed by atoms with Crippen LogP contribution in [0.15, 0.2) is 48.5 Å². The molecule has 0 saturated heterocycles. The topological polar surface area (TPSA) is 43.1 Å². The lowest BCUT2D eigenvalue weighted by molar-refractivity contribution is 0.100. The molecule has 80 valence electrons. The van der Waals surface area contributed by atoms with Gasteiger partial charge in [-0.2, -0.15) is 0 Å². The smallest absolute Gasteiger partial charge is 0.248 e. The lowest BCUT2D eigenvalue weighted by atomic mass is 10.0. The highest BCUT2D eigenvalue weighted by molar-refractivity contribution is 5.94. The van der Waals surface area contributed by atoms with Gasteiger partial charge in [-0.25, -0.2) is 0 Å². The number of hydrogen-bond donors (Lipinski definition) is 1. The van der Waals surface area contributed by atoms with Crippen molar-refractivity contribution in [2.45, 2.75) is 6.92 Å². The van der Waals surface area contributed by atoms with E-state index in [1.54, 1.807) is 6.07 Å². The van der Waals surface area contributed by atoms with Crippen LogP contribution in [0.3, 0.4) is 0 Å². The molecule has 0 radical (unpaired) electrons. The largest absolute Gasteiger partial charge is 0.366 e. The molecule has 2 N–H and O–H groups in total. The monoisotopic (exact) mass is 211 g/mol. The molecule has 0 heterocycles. The minimum Gasteiger partial charge on any atom is -0.366 e. The fraction of sp³-hybridized carbons (Fsp3) is 0.0714. The Bertz CT molecular complexity index is 518. The van der Waals surface area contributed by atoms with Crippen molar-refractivity contribution in [3.8, 4) is 11.1 Å². The predicted octanol–water partition coefficient (Wildman–Crippen LogP) is 2.76. The quantitative estimate of drug-likeness (QED) is 0.815. The molecule has 2 nitrogen and oxygen atoms in total. The van der Waals surface area contributed by atoms with Gasteiger partial charge in [-0.3, -0.25) is 4.79 Å². The van der Waals surface area contributed by atoms with Gasteiger partial charge in [-0.15, -0.1) is 0 Å². The summed E-state index contributed by atoms with van der Waals surface area (Å²) in [6, 6.07) is 15.6. The Balaban J connectivity index is 2.54. The van der Waals surface area contributed by atoms with Crippen LogP contribution in [0.1, 0.15) is 15.9 Å². The summed E-state index contributed by atoms with van der Waals surface area (Å²) >= 11 is 0. The number of nitrogens with two attached hydrogens (primary N) is 1. The number of hydrogen-bond acceptors (Lipinski definition) is 1. The van der Waals surface area contributed by atoms with Gasteiger partial charge in [0.15, 0.2) is 0 Å². The minimum absolute atomic E-state index is 0.388. The van der Waals surface area contributed by atoms with Crippen LogP contribution in [0.25, 0.3) is 11.1 Å². The molecule has 0 unspecified atom stereocenters. The fourth-order valence-corrected chi connectivity index (χ4v) is 1.72. The maximum Gasteiger partial charge on any atom is 0.248 e. The van der Waals surface area contributed by atoms with Gasteiger partial charge < -0.3 is 5.73 Å². The second-order valence-corrected chi connectivity index (χ2v) is 3.82. The molecule has 2 rings (SSSR count). The highest BCUT2D eigenvalue weighted by atomic mass is 16.1. The van der Waals surface area contributed by atoms with Crippen LogP contribution >= 0.6 is 0 Å². The number of benzene rings is 2. The number of primary amides is 1. The van der Waals surface area contributed by atoms with Crippen molar-refractivity contribution in [3.05, 3.63) is 59.7 Å². The van der Waals surface area contributed by atoms with Gasteiger partial charge >= 0.3 is 0 Å². The van der Waals surface area contributed by atoms with Crippen LogP contribution in [0.5, 0.6) is 0 Å². The molecule has 2 heteroatoms. The van der Waals surface area contributed by atoms with Gasteiger partial charge in [0.1, 0.15) is 0 Å². The Hall–Kier alpha value is -2.09. The van der Waals surface area contributed by atoms with Gasteiger partial charge in [0.2, 0.25) is 5.91 Å². The number of carbonyl (C=O) groups excluding carboxylic acids is 1. The first-order valence-electron chi connectivity index (χ1n) is 5.14. The Morgan fingerprint density at radius 2 is 1.69 bits per heavy atom. The Kier molecular flexibility index (Phi) is 2.73. The SMILES string of the molecule is Cc1cc(C(N)=O)cc(-c2ccccc2)c1. The summed E-state index contributed by atoms with van der Waals surface area (Å²) in [5.41, 5.74) is 9.00. The summed E-state index contributed by atoms with van der Waals surface area (Å²) in [5.74, 6) is -0.388. The average molecular weight is 211 g/mol. The second-order valence-electron chi connectivity index (χ2n) is 3.82. The summed E-state index contributed by atoms with van der Waals surface area (Å²) in [6.07, 6.45) is 0. The van der Waals surface area contributed by atoms with Gasteiger partial charge in [0, 0.05) is 5.56 Å². The summed E-state index contributed by atoms with van der Waals surface area (Å²) < 4.78 is 0. The van der Waals surface area contributed by atoms with E-state index in [9.17, 15) is 4.79 Å². The van der Waals surface area contributed by atoms with Gasteiger partial charge in [-0.1, -0.05) is 36.4 Å². The van der Waals surface area contributed by atoms with E-state index in [4.69, 9.17) is 5.73 Å². The molecule has 0 fully saturated rings. The molecule has 0 spiro atoms. The van der Waals surface area contributed by atoms with E-state index < -0.39 is 0 Å². The first-order valence-corrected chi connectivity index (χ1v) is 5.14. The van der Waals surface area contributed by atoms with Crippen LogP contribution in [0.4, 0.5) is 0 Å². The van der Waals surface area contributed by atoms with Crippen molar-refractivity contribution in [2.24, 2.45) is 5.73 Å². The second kappa shape index (κ2) is 4.19. The van der Waals surface area contributed by atoms with Crippen LogP contribution in [0.2, 0.25) is 0 Å². The Morgan fingerprint density at radius 1 is 1.00 bits per heavy atom. The zero-order valence-electron chi connectivity index (χ0n) is 9.10. The van der Waals surface area contributed by atoms with Gasteiger partial charge in [0.05, 0.1) is 0 Å². The molecule has 0 aromatic heterocycles. The number of rotatable bonds is 2. The molecule has 2 aromatic carbocycles. The van der Waals surface area contributed by atoms with E-state index in [-0.39, 0.29) is 5.91 Å². The summed E-state index contributed by atoms with van der Waals surface area (Å²) in [7, 11) is 0. The zero-order valence-corrected chi connectivity index (χ0v) is 9.10. The maximum atomic E-state index is 11.2. The number of carbonyl (C=O) groups is 1. The Morgan fingerprint density at radius 3 is 2.31 bits per heavy atom. The zero-order chi connectivity index (χ0) is 11.5. The highest BCUT2D eigenvalue weighted by Gasteiger charge is 2.04. The average Bonchev–Trinajstić information content (AvgIpc) is 2.29. The molecule has 0 atom stereocenters. The lowest BCUT2D eigenvalue weighted by Gasteiger charge is -2.05. The fourth-order valence-electron chi connectivity index (χ4n) is 1.72. The standard InChI is InChI=1S/C14H13NO/c1-10-7-12(9-13(8-10)14(15)16)11-5-3-2-4-6-11/h2-9H,1H3,(H2,15,16). The van der Waals surface area contributed by atoms with Gasteiger partial charge in [0.25, 0.3) is 0 Å². The van der Waals surface area contributed by atoms with Crippen molar-refractivity contribution in [2.75, 3.05) is 0 Å².